The van der Waals surface area contributed by atoms with Crippen LogP contribution >= 0.6 is 0 Å². The van der Waals surface area contributed by atoms with Gasteiger partial charge in [-0.2, -0.15) is 0 Å². The standard InChI is InChI=1S/C20H26N2O2/c1-4-16-7-13-19(14-8-16)24-15-5-6-20(23)21-17-9-11-18(12-10-17)22(2)3/h7-14H,4-6,15H2,1-3H3,(H,21,23). The molecule has 0 heterocycles. The van der Waals surface area contributed by atoms with Crippen LogP contribution in [0.4, 0.5) is 11.4 Å². The molecule has 4 heteroatoms. The van der Waals surface area contributed by atoms with E-state index in [2.05, 4.69) is 24.4 Å². The summed E-state index contributed by atoms with van der Waals surface area (Å²) in [6.45, 7) is 2.67. The van der Waals surface area contributed by atoms with Crippen LogP contribution in [0.2, 0.25) is 0 Å². The molecule has 0 aliphatic carbocycles. The molecule has 128 valence electrons. The summed E-state index contributed by atoms with van der Waals surface area (Å²) < 4.78 is 5.66. The summed E-state index contributed by atoms with van der Waals surface area (Å²) in [7, 11) is 3.98. The van der Waals surface area contributed by atoms with Gasteiger partial charge in [0.1, 0.15) is 5.75 Å². The van der Waals surface area contributed by atoms with Crippen LogP contribution in [-0.4, -0.2) is 26.6 Å². The van der Waals surface area contributed by atoms with Crippen LogP contribution in [0.1, 0.15) is 25.3 Å². The topological polar surface area (TPSA) is 41.6 Å². The summed E-state index contributed by atoms with van der Waals surface area (Å²) in [5, 5.41) is 2.91. The van der Waals surface area contributed by atoms with Gasteiger partial charge in [0.2, 0.25) is 5.91 Å². The van der Waals surface area contributed by atoms with E-state index in [0.717, 1.165) is 23.5 Å². The zero-order valence-corrected chi connectivity index (χ0v) is 14.7. The van der Waals surface area contributed by atoms with Crippen LogP contribution in [0, 0.1) is 0 Å². The number of ether oxygens (including phenoxy) is 1. The first kappa shape index (κ1) is 17.9. The largest absolute Gasteiger partial charge is 0.494 e. The summed E-state index contributed by atoms with van der Waals surface area (Å²) >= 11 is 0. The van der Waals surface area contributed by atoms with Gasteiger partial charge in [-0.3, -0.25) is 4.79 Å². The van der Waals surface area contributed by atoms with Crippen molar-refractivity contribution >= 4 is 17.3 Å². The van der Waals surface area contributed by atoms with Crippen LogP contribution in [0.15, 0.2) is 48.5 Å². The maximum absolute atomic E-state index is 11.9. The Hall–Kier alpha value is -2.49. The Balaban J connectivity index is 1.69. The second-order valence-corrected chi connectivity index (χ2v) is 5.94. The molecule has 0 bridgehead atoms. The van der Waals surface area contributed by atoms with E-state index in [1.165, 1.54) is 5.56 Å². The minimum Gasteiger partial charge on any atom is -0.494 e. The summed E-state index contributed by atoms with van der Waals surface area (Å²) in [4.78, 5) is 14.0. The Morgan fingerprint density at radius 2 is 1.71 bits per heavy atom. The normalized spacial score (nSPS) is 10.3. The van der Waals surface area contributed by atoms with E-state index >= 15 is 0 Å². The predicted molar refractivity (Wildman–Crippen MR) is 99.9 cm³/mol. The predicted octanol–water partition coefficient (Wildman–Crippen LogP) is 4.11. The lowest BCUT2D eigenvalue weighted by molar-refractivity contribution is -0.116. The Kier molecular flexibility index (Phi) is 6.67. The van der Waals surface area contributed by atoms with Crippen molar-refractivity contribution in [2.24, 2.45) is 0 Å². The van der Waals surface area contributed by atoms with Crippen molar-refractivity contribution in [3.05, 3.63) is 54.1 Å². The van der Waals surface area contributed by atoms with Crippen LogP contribution in [0.3, 0.4) is 0 Å². The quantitative estimate of drug-likeness (QED) is 0.742. The highest BCUT2D eigenvalue weighted by molar-refractivity contribution is 5.90. The molecule has 0 unspecified atom stereocenters. The maximum atomic E-state index is 11.9. The van der Waals surface area contributed by atoms with Gasteiger partial charge in [-0.05, 0) is 54.8 Å². The van der Waals surface area contributed by atoms with E-state index in [1.807, 2.05) is 55.4 Å². The molecule has 2 aromatic rings. The van der Waals surface area contributed by atoms with Gasteiger partial charge in [0.15, 0.2) is 0 Å². The zero-order valence-electron chi connectivity index (χ0n) is 14.7. The SMILES string of the molecule is CCc1ccc(OCCCC(=O)Nc2ccc(N(C)C)cc2)cc1. The first-order chi connectivity index (χ1) is 11.6. The summed E-state index contributed by atoms with van der Waals surface area (Å²) in [6.07, 6.45) is 2.16. The molecule has 1 amide bonds. The number of nitrogens with one attached hydrogen (secondary N) is 1. The molecule has 2 rings (SSSR count). The van der Waals surface area contributed by atoms with Crippen molar-refractivity contribution in [1.29, 1.82) is 0 Å². The van der Waals surface area contributed by atoms with Crippen LogP contribution in [-0.2, 0) is 11.2 Å². The fourth-order valence-corrected chi connectivity index (χ4v) is 2.31. The summed E-state index contributed by atoms with van der Waals surface area (Å²) in [6, 6.07) is 15.9. The van der Waals surface area contributed by atoms with Gasteiger partial charge in [-0.25, -0.2) is 0 Å². The number of hydrogen-bond acceptors (Lipinski definition) is 3. The molecule has 24 heavy (non-hydrogen) atoms. The van der Waals surface area contributed by atoms with Gasteiger partial charge in [-0.15, -0.1) is 0 Å². The van der Waals surface area contributed by atoms with Crippen molar-refractivity contribution in [2.45, 2.75) is 26.2 Å². The van der Waals surface area contributed by atoms with Gasteiger partial charge in [0.05, 0.1) is 6.61 Å². The van der Waals surface area contributed by atoms with Gasteiger partial charge in [0.25, 0.3) is 0 Å². The molecule has 0 atom stereocenters. The fourth-order valence-electron chi connectivity index (χ4n) is 2.31. The molecule has 0 saturated heterocycles. The van der Waals surface area contributed by atoms with Crippen molar-refractivity contribution in [1.82, 2.24) is 0 Å². The third-order valence-electron chi connectivity index (χ3n) is 3.82. The Morgan fingerprint density at radius 1 is 1.04 bits per heavy atom. The third kappa shape index (κ3) is 5.61. The highest BCUT2D eigenvalue weighted by atomic mass is 16.5. The molecule has 0 aromatic heterocycles. The Labute approximate surface area is 144 Å². The number of anilines is 2. The van der Waals surface area contributed by atoms with Gasteiger partial charge < -0.3 is 15.0 Å². The molecule has 2 aromatic carbocycles. The minimum absolute atomic E-state index is 0.0116. The lowest BCUT2D eigenvalue weighted by Gasteiger charge is -2.13. The first-order valence-electron chi connectivity index (χ1n) is 8.37. The van der Waals surface area contributed by atoms with E-state index < -0.39 is 0 Å². The number of hydrogen-bond donors (Lipinski definition) is 1. The van der Waals surface area contributed by atoms with Gasteiger partial charge >= 0.3 is 0 Å². The zero-order chi connectivity index (χ0) is 17.4. The number of benzene rings is 2. The monoisotopic (exact) mass is 326 g/mol. The number of nitrogens with zero attached hydrogens (tertiary/aromatic N) is 1. The molecular weight excluding hydrogens is 300 g/mol. The molecular formula is C20H26N2O2. The molecule has 1 N–H and O–H groups in total. The number of aryl methyl sites for hydroxylation is 1. The lowest BCUT2D eigenvalue weighted by Crippen LogP contribution is -2.13. The van der Waals surface area contributed by atoms with E-state index in [9.17, 15) is 4.79 Å². The van der Waals surface area contributed by atoms with E-state index in [0.29, 0.717) is 19.4 Å². The molecule has 0 radical (unpaired) electrons. The second kappa shape index (κ2) is 8.96. The molecule has 0 aliphatic heterocycles. The number of carbonyl (C=O) groups excluding carboxylic acids is 1. The average molecular weight is 326 g/mol. The Bertz CT molecular complexity index is 634. The minimum atomic E-state index is 0.0116. The number of amides is 1. The van der Waals surface area contributed by atoms with Crippen LogP contribution in [0.25, 0.3) is 0 Å². The van der Waals surface area contributed by atoms with Gasteiger partial charge in [0, 0.05) is 31.9 Å². The average Bonchev–Trinajstić information content (AvgIpc) is 2.59. The lowest BCUT2D eigenvalue weighted by atomic mass is 10.2. The van der Waals surface area contributed by atoms with Crippen molar-refractivity contribution in [3.8, 4) is 5.75 Å². The molecule has 0 saturated carbocycles. The number of carbonyl (C=O) groups is 1. The molecule has 0 aliphatic rings. The van der Waals surface area contributed by atoms with E-state index in [1.54, 1.807) is 0 Å². The van der Waals surface area contributed by atoms with Crippen LogP contribution in [0.5, 0.6) is 5.75 Å². The second-order valence-electron chi connectivity index (χ2n) is 5.94. The first-order valence-corrected chi connectivity index (χ1v) is 8.37. The van der Waals surface area contributed by atoms with Gasteiger partial charge in [-0.1, -0.05) is 19.1 Å². The summed E-state index contributed by atoms with van der Waals surface area (Å²) in [5.41, 5.74) is 3.22. The third-order valence-corrected chi connectivity index (χ3v) is 3.82. The maximum Gasteiger partial charge on any atom is 0.224 e. The Morgan fingerprint density at radius 3 is 2.29 bits per heavy atom. The van der Waals surface area contributed by atoms with Crippen molar-refractivity contribution < 1.29 is 9.53 Å². The van der Waals surface area contributed by atoms with Crippen molar-refractivity contribution in [2.75, 3.05) is 30.9 Å². The highest BCUT2D eigenvalue weighted by Gasteiger charge is 2.03. The molecule has 0 fully saturated rings. The molecule has 4 nitrogen and oxygen atoms in total. The smallest absolute Gasteiger partial charge is 0.224 e. The van der Waals surface area contributed by atoms with Crippen molar-refractivity contribution in [3.63, 3.8) is 0 Å². The number of rotatable bonds is 8. The van der Waals surface area contributed by atoms with E-state index in [-0.39, 0.29) is 5.91 Å². The molecule has 0 spiro atoms. The van der Waals surface area contributed by atoms with E-state index in [4.69, 9.17) is 4.74 Å². The summed E-state index contributed by atoms with van der Waals surface area (Å²) in [5.74, 6) is 0.865. The van der Waals surface area contributed by atoms with Crippen LogP contribution < -0.4 is 15.0 Å². The fraction of sp³-hybridized carbons (Fsp3) is 0.350. The highest BCUT2D eigenvalue weighted by Crippen LogP contribution is 2.16.